The van der Waals surface area contributed by atoms with Gasteiger partial charge < -0.3 is 0 Å². The molecule has 3 rings (SSSR count). The fraction of sp³-hybridized carbons (Fsp3) is 0.0500. The Bertz CT molecular complexity index is 728. The summed E-state index contributed by atoms with van der Waals surface area (Å²) in [4.78, 5) is 11.1. The molecule has 0 bridgehead atoms. The minimum absolute atomic E-state index is 0.293. The van der Waals surface area contributed by atoms with E-state index in [9.17, 15) is 4.79 Å². The van der Waals surface area contributed by atoms with Crippen molar-refractivity contribution < 1.29 is 9.53 Å². The van der Waals surface area contributed by atoms with E-state index in [0.29, 0.717) is 5.75 Å². The number of carbonyl (C=O) groups excluding carboxylic acids is 1. The van der Waals surface area contributed by atoms with Gasteiger partial charge in [0.05, 0.1) is 0 Å². The Morgan fingerprint density at radius 3 is 1.57 bits per heavy atom. The quantitative estimate of drug-likeness (QED) is 0.403. The van der Waals surface area contributed by atoms with Crippen LogP contribution >= 0.6 is 0 Å². The van der Waals surface area contributed by atoms with E-state index in [4.69, 9.17) is 4.74 Å². The molecule has 3 aromatic rings. The summed E-state index contributed by atoms with van der Waals surface area (Å²) in [5.41, 5.74) is 0. The first-order chi connectivity index (χ1) is 11.2. The maximum atomic E-state index is 11.1. The van der Waals surface area contributed by atoms with E-state index in [1.54, 1.807) is 0 Å². The molecule has 0 atom stereocenters. The van der Waals surface area contributed by atoms with Crippen LogP contribution in [0.3, 0.4) is 0 Å². The van der Waals surface area contributed by atoms with Crippen LogP contribution in [0, 0.1) is 0 Å². The summed E-state index contributed by atoms with van der Waals surface area (Å²) < 4.78 is 9.21. The van der Waals surface area contributed by atoms with Gasteiger partial charge in [-0.2, -0.15) is 0 Å². The Morgan fingerprint density at radius 2 is 1.13 bits per heavy atom. The molecule has 0 saturated heterocycles. The zero-order valence-corrected chi connectivity index (χ0v) is 14.7. The van der Waals surface area contributed by atoms with Crippen LogP contribution in [-0.2, 0) is 4.79 Å². The zero-order valence-electron chi connectivity index (χ0n) is 12.8. The molecule has 0 radical (unpaired) electrons. The summed E-state index contributed by atoms with van der Waals surface area (Å²) in [5, 5.41) is 0. The van der Waals surface area contributed by atoms with E-state index in [1.165, 1.54) is 20.0 Å². The Kier molecular flexibility index (Phi) is 4.95. The molecule has 0 fully saturated rings. The van der Waals surface area contributed by atoms with Crippen LogP contribution in [0.5, 0.6) is 5.75 Å². The normalized spacial score (nSPS) is 10.5. The number of carbonyl (C=O) groups is 1. The summed E-state index contributed by atoms with van der Waals surface area (Å²) in [6, 6.07) is 29.2. The third-order valence-corrected chi connectivity index (χ3v) is 8.51. The Labute approximate surface area is 141 Å². The molecule has 0 spiro atoms. The third-order valence-electron chi connectivity index (χ3n) is 3.39. The number of ether oxygens (including phenoxy) is 1. The van der Waals surface area contributed by atoms with Crippen LogP contribution in [-0.4, -0.2) is 20.6 Å². The van der Waals surface area contributed by atoms with Crippen molar-refractivity contribution in [3.8, 4) is 5.75 Å². The minimum atomic E-state index is -1.59. The summed E-state index contributed by atoms with van der Waals surface area (Å²) in [5.74, 6) is 0.301. The van der Waals surface area contributed by atoms with E-state index < -0.39 is 14.7 Å². The van der Waals surface area contributed by atoms with Gasteiger partial charge in [0.1, 0.15) is 0 Å². The molecular weight excluding hydrogens is 347 g/mol. The van der Waals surface area contributed by atoms with E-state index in [-0.39, 0.29) is 5.97 Å². The fourth-order valence-corrected chi connectivity index (χ4v) is 7.22. The molecular formula is C20H17AsO2. The first-order valence-corrected chi connectivity index (χ1v) is 10.2. The third kappa shape index (κ3) is 3.91. The molecule has 0 saturated carbocycles. The van der Waals surface area contributed by atoms with Gasteiger partial charge in [-0.05, 0) is 0 Å². The molecule has 0 aliphatic heterocycles. The second-order valence-electron chi connectivity index (χ2n) is 5.09. The molecule has 114 valence electrons. The molecule has 0 amide bonds. The maximum absolute atomic E-state index is 11.1. The first kappa shape index (κ1) is 15.6. The van der Waals surface area contributed by atoms with Crippen LogP contribution in [0.2, 0.25) is 0 Å². The van der Waals surface area contributed by atoms with Crippen LogP contribution in [0.4, 0.5) is 0 Å². The summed E-state index contributed by atoms with van der Waals surface area (Å²) in [7, 11) is 0. The number of rotatable bonds is 4. The van der Waals surface area contributed by atoms with Gasteiger partial charge in [-0.3, -0.25) is 0 Å². The molecule has 3 aromatic carbocycles. The van der Waals surface area contributed by atoms with Crippen molar-refractivity contribution in [3.63, 3.8) is 0 Å². The van der Waals surface area contributed by atoms with Crippen molar-refractivity contribution in [1.82, 2.24) is 0 Å². The zero-order chi connectivity index (χ0) is 16.1. The van der Waals surface area contributed by atoms with Crippen molar-refractivity contribution in [2.24, 2.45) is 0 Å². The second kappa shape index (κ2) is 7.30. The first-order valence-electron chi connectivity index (χ1n) is 7.43. The summed E-state index contributed by atoms with van der Waals surface area (Å²) in [6.07, 6.45) is 0. The SMILES string of the molecule is CC(=O)Oc1ccc([As](c2ccccc2)c2ccccc2)cc1. The topological polar surface area (TPSA) is 26.3 Å². The molecule has 2 nitrogen and oxygen atoms in total. The van der Waals surface area contributed by atoms with E-state index in [0.717, 1.165) is 0 Å². The van der Waals surface area contributed by atoms with Gasteiger partial charge in [-0.25, -0.2) is 0 Å². The Morgan fingerprint density at radius 1 is 0.696 bits per heavy atom. The van der Waals surface area contributed by atoms with E-state index in [2.05, 4.69) is 60.7 Å². The van der Waals surface area contributed by atoms with Gasteiger partial charge in [0, 0.05) is 0 Å². The average molecular weight is 364 g/mol. The monoisotopic (exact) mass is 364 g/mol. The predicted octanol–water partition coefficient (Wildman–Crippen LogP) is 2.13. The molecule has 0 N–H and O–H groups in total. The van der Waals surface area contributed by atoms with Crippen LogP contribution in [0.25, 0.3) is 0 Å². The number of hydrogen-bond donors (Lipinski definition) is 0. The van der Waals surface area contributed by atoms with Crippen LogP contribution < -0.4 is 17.8 Å². The van der Waals surface area contributed by atoms with Gasteiger partial charge in [0.15, 0.2) is 0 Å². The van der Waals surface area contributed by atoms with Crippen molar-refractivity contribution in [2.75, 3.05) is 0 Å². The Balaban J connectivity index is 2.00. The molecule has 3 heteroatoms. The van der Waals surface area contributed by atoms with Crippen molar-refractivity contribution in [2.45, 2.75) is 6.92 Å². The molecule has 0 heterocycles. The predicted molar refractivity (Wildman–Crippen MR) is 95.3 cm³/mol. The van der Waals surface area contributed by atoms with Crippen LogP contribution in [0.1, 0.15) is 6.92 Å². The molecule has 23 heavy (non-hydrogen) atoms. The number of benzene rings is 3. The van der Waals surface area contributed by atoms with Gasteiger partial charge >= 0.3 is 141 Å². The van der Waals surface area contributed by atoms with Crippen molar-refractivity contribution in [3.05, 3.63) is 84.9 Å². The van der Waals surface area contributed by atoms with Gasteiger partial charge in [0.25, 0.3) is 0 Å². The number of hydrogen-bond acceptors (Lipinski definition) is 2. The van der Waals surface area contributed by atoms with Gasteiger partial charge in [-0.15, -0.1) is 0 Å². The molecule has 0 aliphatic rings. The van der Waals surface area contributed by atoms with Gasteiger partial charge in [-0.1, -0.05) is 0 Å². The standard InChI is InChI=1S/C20H17AsO2/c1-16(22)23-20-14-12-19(13-15-20)21(17-8-4-2-5-9-17)18-10-6-3-7-11-18/h2-15H,1H3. The van der Waals surface area contributed by atoms with E-state index >= 15 is 0 Å². The Hall–Kier alpha value is -2.31. The molecule has 0 unspecified atom stereocenters. The number of esters is 1. The van der Waals surface area contributed by atoms with E-state index in [1.807, 2.05) is 24.3 Å². The van der Waals surface area contributed by atoms with Crippen molar-refractivity contribution >= 4 is 33.7 Å². The summed E-state index contributed by atoms with van der Waals surface area (Å²) >= 11 is -1.59. The second-order valence-corrected chi connectivity index (χ2v) is 9.75. The van der Waals surface area contributed by atoms with Crippen molar-refractivity contribution in [1.29, 1.82) is 0 Å². The fourth-order valence-electron chi connectivity index (χ4n) is 2.43. The molecule has 0 aromatic heterocycles. The average Bonchev–Trinajstić information content (AvgIpc) is 2.58. The molecule has 0 aliphatic carbocycles. The van der Waals surface area contributed by atoms with Gasteiger partial charge in [0.2, 0.25) is 0 Å². The van der Waals surface area contributed by atoms with Crippen LogP contribution in [0.15, 0.2) is 84.9 Å². The summed E-state index contributed by atoms with van der Waals surface area (Å²) in [6.45, 7) is 1.42.